The highest BCUT2D eigenvalue weighted by Crippen LogP contribution is 2.23. The number of benzene rings is 3. The number of carbonyl (C=O) groups is 1. The van der Waals surface area contributed by atoms with E-state index >= 15 is 0 Å². The predicted molar refractivity (Wildman–Crippen MR) is 124 cm³/mol. The Morgan fingerprint density at radius 1 is 0.935 bits per heavy atom. The number of hydrogen-bond acceptors (Lipinski definition) is 4. The van der Waals surface area contributed by atoms with Gasteiger partial charge < -0.3 is 10.4 Å². The average molecular weight is 415 g/mol. The standard InChI is InChI=1S/C27H30N2O2/c30-26(15-21-9-3-1-4-10-21)18-28-17-25-16-23-13-7-8-14-24(23)19-29(25)20-27(31)22-11-5-2-6-12-22/h1-14,25-26,28,30H,15-20H2/t25-,26?/m0/s1. The fraction of sp³-hybridized carbons (Fsp3) is 0.296. The second-order valence-corrected chi connectivity index (χ2v) is 8.32. The zero-order valence-electron chi connectivity index (χ0n) is 17.8. The molecule has 0 saturated heterocycles. The average Bonchev–Trinajstić information content (AvgIpc) is 2.80. The summed E-state index contributed by atoms with van der Waals surface area (Å²) in [5, 5.41) is 13.9. The summed E-state index contributed by atoms with van der Waals surface area (Å²) in [4.78, 5) is 15.1. The Labute approximate surface area is 184 Å². The lowest BCUT2D eigenvalue weighted by atomic mass is 9.93. The summed E-state index contributed by atoms with van der Waals surface area (Å²) >= 11 is 0. The van der Waals surface area contributed by atoms with Gasteiger partial charge >= 0.3 is 0 Å². The fourth-order valence-corrected chi connectivity index (χ4v) is 4.30. The summed E-state index contributed by atoms with van der Waals surface area (Å²) in [5.41, 5.74) is 4.54. The summed E-state index contributed by atoms with van der Waals surface area (Å²) in [6.45, 7) is 2.45. The minimum absolute atomic E-state index is 0.147. The van der Waals surface area contributed by atoms with Crippen molar-refractivity contribution in [2.75, 3.05) is 19.6 Å². The smallest absolute Gasteiger partial charge is 0.176 e. The number of carbonyl (C=O) groups excluding carboxylic acids is 1. The number of ketones is 1. The third-order valence-corrected chi connectivity index (χ3v) is 5.98. The Hall–Kier alpha value is -2.79. The van der Waals surface area contributed by atoms with Gasteiger partial charge in [-0.15, -0.1) is 0 Å². The maximum atomic E-state index is 12.9. The Bertz CT molecular complexity index is 975. The summed E-state index contributed by atoms with van der Waals surface area (Å²) in [6, 6.07) is 28.3. The van der Waals surface area contributed by atoms with Gasteiger partial charge in [-0.1, -0.05) is 84.9 Å². The van der Waals surface area contributed by atoms with E-state index in [2.05, 4.69) is 34.5 Å². The normalized spacial score (nSPS) is 17.1. The minimum atomic E-state index is -0.433. The van der Waals surface area contributed by atoms with Gasteiger partial charge in [-0.25, -0.2) is 0 Å². The van der Waals surface area contributed by atoms with Crippen LogP contribution in [-0.2, 0) is 19.4 Å². The molecule has 4 nitrogen and oxygen atoms in total. The molecule has 0 saturated carbocycles. The quantitative estimate of drug-likeness (QED) is 0.527. The number of aliphatic hydroxyl groups excluding tert-OH is 1. The molecule has 160 valence electrons. The van der Waals surface area contributed by atoms with Gasteiger partial charge in [0.1, 0.15) is 0 Å². The molecular weight excluding hydrogens is 384 g/mol. The molecule has 4 rings (SSSR count). The van der Waals surface area contributed by atoms with Gasteiger partial charge in [0.25, 0.3) is 0 Å². The van der Waals surface area contributed by atoms with Crippen molar-refractivity contribution in [3.63, 3.8) is 0 Å². The van der Waals surface area contributed by atoms with Gasteiger partial charge in [0, 0.05) is 31.2 Å². The number of Topliss-reactive ketones (excluding diaryl/α,β-unsaturated/α-hetero) is 1. The van der Waals surface area contributed by atoms with E-state index < -0.39 is 6.10 Å². The molecule has 1 heterocycles. The molecule has 1 unspecified atom stereocenters. The number of rotatable bonds is 9. The van der Waals surface area contributed by atoms with Crippen molar-refractivity contribution < 1.29 is 9.90 Å². The molecule has 0 bridgehead atoms. The second-order valence-electron chi connectivity index (χ2n) is 8.32. The van der Waals surface area contributed by atoms with Crippen molar-refractivity contribution in [1.82, 2.24) is 10.2 Å². The van der Waals surface area contributed by atoms with Crippen LogP contribution in [0.15, 0.2) is 84.9 Å². The number of nitrogens with one attached hydrogen (secondary N) is 1. The zero-order valence-corrected chi connectivity index (χ0v) is 17.8. The van der Waals surface area contributed by atoms with Crippen LogP contribution in [0, 0.1) is 0 Å². The van der Waals surface area contributed by atoms with E-state index in [1.165, 1.54) is 11.1 Å². The van der Waals surface area contributed by atoms with Crippen molar-refractivity contribution in [1.29, 1.82) is 0 Å². The van der Waals surface area contributed by atoms with Crippen molar-refractivity contribution in [2.45, 2.75) is 31.5 Å². The first-order valence-corrected chi connectivity index (χ1v) is 11.0. The third-order valence-electron chi connectivity index (χ3n) is 5.98. The molecule has 0 fully saturated rings. The highest BCUT2D eigenvalue weighted by molar-refractivity contribution is 5.97. The monoisotopic (exact) mass is 414 g/mol. The van der Waals surface area contributed by atoms with Crippen LogP contribution in [0.2, 0.25) is 0 Å². The van der Waals surface area contributed by atoms with Crippen LogP contribution in [0.3, 0.4) is 0 Å². The highest BCUT2D eigenvalue weighted by atomic mass is 16.3. The van der Waals surface area contributed by atoms with Crippen molar-refractivity contribution >= 4 is 5.78 Å². The molecule has 0 aromatic heterocycles. The lowest BCUT2D eigenvalue weighted by Crippen LogP contribution is -2.49. The van der Waals surface area contributed by atoms with Crippen LogP contribution in [-0.4, -0.2) is 47.6 Å². The van der Waals surface area contributed by atoms with Crippen molar-refractivity contribution in [3.05, 3.63) is 107 Å². The van der Waals surface area contributed by atoms with Crippen LogP contribution in [0.4, 0.5) is 0 Å². The van der Waals surface area contributed by atoms with E-state index in [9.17, 15) is 9.90 Å². The topological polar surface area (TPSA) is 52.6 Å². The molecule has 4 heteroatoms. The van der Waals surface area contributed by atoms with Gasteiger partial charge in [-0.2, -0.15) is 0 Å². The van der Waals surface area contributed by atoms with E-state index in [-0.39, 0.29) is 11.8 Å². The van der Waals surface area contributed by atoms with E-state index in [0.29, 0.717) is 19.5 Å². The van der Waals surface area contributed by atoms with E-state index in [1.807, 2.05) is 60.7 Å². The van der Waals surface area contributed by atoms with Crippen LogP contribution in [0.1, 0.15) is 27.0 Å². The Morgan fingerprint density at radius 2 is 1.58 bits per heavy atom. The molecule has 0 amide bonds. The molecule has 0 aliphatic carbocycles. The van der Waals surface area contributed by atoms with Crippen LogP contribution in [0.25, 0.3) is 0 Å². The molecule has 3 aromatic carbocycles. The van der Waals surface area contributed by atoms with Crippen LogP contribution >= 0.6 is 0 Å². The van der Waals surface area contributed by atoms with Crippen LogP contribution < -0.4 is 5.32 Å². The maximum Gasteiger partial charge on any atom is 0.176 e. The number of aliphatic hydroxyl groups is 1. The van der Waals surface area contributed by atoms with Gasteiger partial charge in [0.05, 0.1) is 12.6 Å². The fourth-order valence-electron chi connectivity index (χ4n) is 4.30. The Kier molecular flexibility index (Phi) is 7.26. The largest absolute Gasteiger partial charge is 0.391 e. The van der Waals surface area contributed by atoms with E-state index in [1.54, 1.807) is 0 Å². The van der Waals surface area contributed by atoms with Gasteiger partial charge in [-0.05, 0) is 29.5 Å². The Balaban J connectivity index is 1.37. The van der Waals surface area contributed by atoms with Crippen LogP contribution in [0.5, 0.6) is 0 Å². The number of fused-ring (bicyclic) bond motifs is 1. The maximum absolute atomic E-state index is 12.9. The second kappa shape index (κ2) is 10.5. The molecule has 1 aliphatic heterocycles. The minimum Gasteiger partial charge on any atom is -0.391 e. The van der Waals surface area contributed by atoms with E-state index in [4.69, 9.17) is 0 Å². The Morgan fingerprint density at radius 3 is 2.32 bits per heavy atom. The first-order valence-electron chi connectivity index (χ1n) is 11.0. The number of hydrogen-bond donors (Lipinski definition) is 2. The molecular formula is C27H30N2O2. The molecule has 1 aliphatic rings. The van der Waals surface area contributed by atoms with Gasteiger partial charge in [-0.3, -0.25) is 9.69 Å². The number of nitrogens with zero attached hydrogens (tertiary/aromatic N) is 1. The molecule has 2 atom stereocenters. The van der Waals surface area contributed by atoms with Crippen molar-refractivity contribution in [2.24, 2.45) is 0 Å². The van der Waals surface area contributed by atoms with Gasteiger partial charge in [0.2, 0.25) is 0 Å². The summed E-state index contributed by atoms with van der Waals surface area (Å²) in [6.07, 6.45) is 1.11. The highest BCUT2D eigenvalue weighted by Gasteiger charge is 2.27. The molecule has 31 heavy (non-hydrogen) atoms. The van der Waals surface area contributed by atoms with Gasteiger partial charge in [0.15, 0.2) is 5.78 Å². The summed E-state index contributed by atoms with van der Waals surface area (Å²) < 4.78 is 0. The molecule has 2 N–H and O–H groups in total. The first kappa shape index (κ1) is 21.4. The molecule has 0 spiro atoms. The zero-order chi connectivity index (χ0) is 21.5. The lowest BCUT2D eigenvalue weighted by Gasteiger charge is -2.37. The summed E-state index contributed by atoms with van der Waals surface area (Å²) in [5.74, 6) is 0.147. The third kappa shape index (κ3) is 5.88. The first-order chi connectivity index (χ1) is 15.2. The molecule has 0 radical (unpaired) electrons. The summed E-state index contributed by atoms with van der Waals surface area (Å²) in [7, 11) is 0. The lowest BCUT2D eigenvalue weighted by molar-refractivity contribution is 0.0858. The SMILES string of the molecule is O=C(CN1Cc2ccccc2C[C@H]1CNCC(O)Cc1ccccc1)c1ccccc1. The van der Waals surface area contributed by atoms with Crippen molar-refractivity contribution in [3.8, 4) is 0 Å². The van der Waals surface area contributed by atoms with E-state index in [0.717, 1.165) is 30.6 Å². The molecule has 3 aromatic rings. The predicted octanol–water partition coefficient (Wildman–Crippen LogP) is 3.49.